The first-order valence-electron chi connectivity index (χ1n) is 9.59. The van der Waals surface area contributed by atoms with Gasteiger partial charge in [-0.2, -0.15) is 0 Å². The second-order valence-corrected chi connectivity index (χ2v) is 8.50. The average Bonchev–Trinajstić information content (AvgIpc) is 3.16. The van der Waals surface area contributed by atoms with Gasteiger partial charge in [0.25, 0.3) is 0 Å². The maximum Gasteiger partial charge on any atom is 0.417 e. The third-order valence-electron chi connectivity index (χ3n) is 6.97. The summed E-state index contributed by atoms with van der Waals surface area (Å²) in [5.74, 6) is 3.65. The van der Waals surface area contributed by atoms with Crippen LogP contribution >= 0.6 is 0 Å². The molecule has 0 unspecified atom stereocenters. The van der Waals surface area contributed by atoms with E-state index in [1.807, 2.05) is 42.5 Å². The molecule has 4 atom stereocenters. The highest BCUT2D eigenvalue weighted by Crippen LogP contribution is 2.64. The second kappa shape index (κ2) is 6.46. The molecule has 1 N–H and O–H groups in total. The molecule has 4 rings (SSSR count). The number of hydrogen-bond donors (Lipinski definition) is 1. The number of benzene rings is 2. The summed E-state index contributed by atoms with van der Waals surface area (Å²) in [7, 11) is 0. The Hall–Kier alpha value is -2.29. The summed E-state index contributed by atoms with van der Waals surface area (Å²) in [5.41, 5.74) is 2.53. The Kier molecular flexibility index (Phi) is 4.26. The molecule has 2 fully saturated rings. The highest BCUT2D eigenvalue weighted by Gasteiger charge is 2.55. The van der Waals surface area contributed by atoms with Crippen LogP contribution in [-0.2, 0) is 0 Å². The van der Waals surface area contributed by atoms with Gasteiger partial charge in [0.15, 0.2) is 0 Å². The van der Waals surface area contributed by atoms with E-state index in [2.05, 4.69) is 38.2 Å². The fourth-order valence-electron chi connectivity index (χ4n) is 5.18. The number of ether oxygens (including phenoxy) is 1. The largest absolute Gasteiger partial charge is 0.417 e. The Morgan fingerprint density at radius 3 is 2.35 bits per heavy atom. The van der Waals surface area contributed by atoms with Gasteiger partial charge in [-0.25, -0.2) is 4.79 Å². The first-order valence-corrected chi connectivity index (χ1v) is 9.59. The number of carbonyl (C=O) groups is 1. The Balaban J connectivity index is 1.41. The van der Waals surface area contributed by atoms with Gasteiger partial charge in [0.2, 0.25) is 0 Å². The molecule has 2 aliphatic rings. The first-order chi connectivity index (χ1) is 12.4. The molecule has 1 amide bonds. The normalized spacial score (nSPS) is 28.7. The van der Waals surface area contributed by atoms with Gasteiger partial charge in [-0.15, -0.1) is 0 Å². The lowest BCUT2D eigenvalue weighted by Gasteiger charge is -2.41. The molecule has 136 valence electrons. The van der Waals surface area contributed by atoms with Crippen molar-refractivity contribution in [3.8, 4) is 5.75 Å². The van der Waals surface area contributed by atoms with E-state index in [4.69, 9.17) is 4.74 Å². The van der Waals surface area contributed by atoms with E-state index in [1.54, 1.807) is 0 Å². The molecule has 0 saturated heterocycles. The summed E-state index contributed by atoms with van der Waals surface area (Å²) in [6.07, 6.45) is 2.19. The van der Waals surface area contributed by atoms with E-state index in [0.717, 1.165) is 23.4 Å². The van der Waals surface area contributed by atoms with Crippen LogP contribution in [0.25, 0.3) is 0 Å². The van der Waals surface area contributed by atoms with Crippen molar-refractivity contribution < 1.29 is 9.53 Å². The molecule has 2 bridgehead atoms. The number of fused-ring (bicyclic) bond motifs is 2. The van der Waals surface area contributed by atoms with Crippen molar-refractivity contribution in [2.75, 3.05) is 5.32 Å². The molecule has 3 heteroatoms. The lowest BCUT2D eigenvalue weighted by molar-refractivity contribution is 0.118. The average molecular weight is 349 g/mol. The topological polar surface area (TPSA) is 38.3 Å². The lowest BCUT2D eigenvalue weighted by atomic mass is 9.64. The molecular formula is C23H27NO2. The van der Waals surface area contributed by atoms with Crippen molar-refractivity contribution in [3.63, 3.8) is 0 Å². The van der Waals surface area contributed by atoms with Gasteiger partial charge in [-0.05, 0) is 71.8 Å². The second-order valence-electron chi connectivity index (χ2n) is 8.50. The minimum atomic E-state index is -0.459. The van der Waals surface area contributed by atoms with Gasteiger partial charge in [-0.1, -0.05) is 51.1 Å². The first kappa shape index (κ1) is 17.1. The third kappa shape index (κ3) is 3.00. The SMILES string of the molecule is C[C@@H]1[C@H]2C[C@@H](c3ccc(OC(=O)Nc4ccccc4)cc3)[C@H](C2)C1(C)C. The van der Waals surface area contributed by atoms with E-state index in [9.17, 15) is 4.79 Å². The highest BCUT2D eigenvalue weighted by molar-refractivity contribution is 5.86. The van der Waals surface area contributed by atoms with E-state index in [1.165, 1.54) is 18.4 Å². The van der Waals surface area contributed by atoms with E-state index in [0.29, 0.717) is 17.1 Å². The van der Waals surface area contributed by atoms with Gasteiger partial charge >= 0.3 is 6.09 Å². The molecular weight excluding hydrogens is 322 g/mol. The van der Waals surface area contributed by atoms with E-state index >= 15 is 0 Å². The molecule has 2 aliphatic carbocycles. The molecule has 0 aliphatic heterocycles. The van der Waals surface area contributed by atoms with Crippen LogP contribution in [0, 0.1) is 23.2 Å². The van der Waals surface area contributed by atoms with Crippen molar-refractivity contribution in [2.45, 2.75) is 39.5 Å². The summed E-state index contributed by atoms with van der Waals surface area (Å²) >= 11 is 0. The van der Waals surface area contributed by atoms with Gasteiger partial charge < -0.3 is 4.74 Å². The Labute approximate surface area is 155 Å². The summed E-state index contributed by atoms with van der Waals surface area (Å²) in [4.78, 5) is 12.0. The van der Waals surface area contributed by atoms with Crippen LogP contribution < -0.4 is 10.1 Å². The zero-order valence-electron chi connectivity index (χ0n) is 15.7. The van der Waals surface area contributed by atoms with E-state index in [-0.39, 0.29) is 0 Å². The predicted molar refractivity (Wildman–Crippen MR) is 104 cm³/mol. The zero-order valence-corrected chi connectivity index (χ0v) is 15.7. The van der Waals surface area contributed by atoms with Crippen LogP contribution in [0.1, 0.15) is 45.1 Å². The highest BCUT2D eigenvalue weighted by atomic mass is 16.6. The lowest BCUT2D eigenvalue weighted by Crippen LogP contribution is -2.32. The number of amides is 1. The number of para-hydroxylation sites is 1. The number of hydrogen-bond acceptors (Lipinski definition) is 2. The predicted octanol–water partition coefficient (Wildman–Crippen LogP) is 6.08. The van der Waals surface area contributed by atoms with Crippen molar-refractivity contribution in [3.05, 3.63) is 60.2 Å². The van der Waals surface area contributed by atoms with Gasteiger partial charge in [0, 0.05) is 5.69 Å². The number of nitrogens with one attached hydrogen (secondary N) is 1. The van der Waals surface area contributed by atoms with Crippen LogP contribution in [0.4, 0.5) is 10.5 Å². The molecule has 3 nitrogen and oxygen atoms in total. The van der Waals surface area contributed by atoms with Gasteiger partial charge in [0.05, 0.1) is 0 Å². The molecule has 0 heterocycles. The quantitative estimate of drug-likeness (QED) is 0.729. The maximum absolute atomic E-state index is 12.0. The Bertz CT molecular complexity index is 782. The Morgan fingerprint density at radius 1 is 1.04 bits per heavy atom. The van der Waals surface area contributed by atoms with Crippen LogP contribution in [0.5, 0.6) is 5.75 Å². The van der Waals surface area contributed by atoms with Gasteiger partial charge in [-0.3, -0.25) is 5.32 Å². The fraction of sp³-hybridized carbons (Fsp3) is 0.435. The monoisotopic (exact) mass is 349 g/mol. The van der Waals surface area contributed by atoms with Crippen molar-refractivity contribution in [2.24, 2.45) is 23.2 Å². The standard InChI is InChI=1S/C23H27NO2/c1-15-17-13-20(21(14-17)23(15,2)3)16-9-11-19(12-10-16)26-22(25)24-18-7-5-4-6-8-18/h4-12,15,17,20-21H,13-14H2,1-3H3,(H,24,25)/t15-,17+,20+,21+/m1/s1. The molecule has 2 aromatic carbocycles. The van der Waals surface area contributed by atoms with Crippen LogP contribution in [0.15, 0.2) is 54.6 Å². The maximum atomic E-state index is 12.0. The van der Waals surface area contributed by atoms with Crippen molar-refractivity contribution in [1.29, 1.82) is 0 Å². The molecule has 0 aromatic heterocycles. The van der Waals surface area contributed by atoms with Crippen molar-refractivity contribution in [1.82, 2.24) is 0 Å². The molecule has 26 heavy (non-hydrogen) atoms. The van der Waals surface area contributed by atoms with E-state index < -0.39 is 6.09 Å². The number of anilines is 1. The number of carbonyl (C=O) groups excluding carboxylic acids is 1. The summed E-state index contributed by atoms with van der Waals surface area (Å²) in [6, 6.07) is 17.4. The smallest absolute Gasteiger partial charge is 0.410 e. The van der Waals surface area contributed by atoms with Crippen LogP contribution in [-0.4, -0.2) is 6.09 Å². The van der Waals surface area contributed by atoms with Crippen LogP contribution in [0.2, 0.25) is 0 Å². The van der Waals surface area contributed by atoms with Crippen molar-refractivity contribution >= 4 is 11.8 Å². The summed E-state index contributed by atoms with van der Waals surface area (Å²) in [6.45, 7) is 7.28. The van der Waals surface area contributed by atoms with Crippen LogP contribution in [0.3, 0.4) is 0 Å². The van der Waals surface area contributed by atoms with Gasteiger partial charge in [0.1, 0.15) is 5.75 Å². The fourth-order valence-corrected chi connectivity index (χ4v) is 5.18. The number of rotatable bonds is 3. The molecule has 0 spiro atoms. The Morgan fingerprint density at radius 2 is 1.73 bits per heavy atom. The minimum absolute atomic E-state index is 0.415. The molecule has 0 radical (unpaired) electrons. The molecule has 2 aromatic rings. The third-order valence-corrected chi connectivity index (χ3v) is 6.97. The zero-order chi connectivity index (χ0) is 18.3. The molecule has 2 saturated carbocycles. The summed E-state index contributed by atoms with van der Waals surface area (Å²) < 4.78 is 5.41. The minimum Gasteiger partial charge on any atom is -0.410 e. The summed E-state index contributed by atoms with van der Waals surface area (Å²) in [5, 5.41) is 2.74.